The van der Waals surface area contributed by atoms with E-state index in [-0.39, 0.29) is 42.6 Å². The molecule has 0 saturated carbocycles. The Hall–Kier alpha value is 0.190. The summed E-state index contributed by atoms with van der Waals surface area (Å²) in [5.74, 6) is 0. The first-order valence-electron chi connectivity index (χ1n) is 0.651. The monoisotopic (exact) mass is 121 g/mol. The standard InChI is InChI=1S/CH2O3.H3N.Na.H2O.H/c2-1(3)4;;;;/h(H2,2,3,4);1H3;;1H2;/q;;+1;;-1. The van der Waals surface area contributed by atoms with Gasteiger partial charge in [0.1, 0.15) is 0 Å². The molecule has 0 aromatic rings. The predicted molar refractivity (Wildman–Crippen MR) is 20.4 cm³/mol. The molecule has 7 N–H and O–H groups in total. The molecule has 0 amide bonds. The van der Waals surface area contributed by atoms with Crippen molar-refractivity contribution >= 4 is 6.16 Å². The molecule has 0 spiro atoms. The fourth-order valence-electron chi connectivity index (χ4n) is 0. The van der Waals surface area contributed by atoms with Crippen molar-refractivity contribution in [3.05, 3.63) is 0 Å². The summed E-state index contributed by atoms with van der Waals surface area (Å²) in [5, 5.41) is 13.9. The van der Waals surface area contributed by atoms with E-state index in [9.17, 15) is 0 Å². The van der Waals surface area contributed by atoms with E-state index < -0.39 is 6.16 Å². The van der Waals surface area contributed by atoms with Gasteiger partial charge in [-0.3, -0.25) is 0 Å². The molecule has 6 heteroatoms. The van der Waals surface area contributed by atoms with Gasteiger partial charge in [-0.25, -0.2) is 4.79 Å². The third-order valence-corrected chi connectivity index (χ3v) is 0. The molecule has 0 rings (SSSR count). The summed E-state index contributed by atoms with van der Waals surface area (Å²) in [6, 6.07) is 0. The van der Waals surface area contributed by atoms with Crippen molar-refractivity contribution in [2.75, 3.05) is 0 Å². The summed E-state index contributed by atoms with van der Waals surface area (Å²) in [6.45, 7) is 0. The van der Waals surface area contributed by atoms with Gasteiger partial charge in [0, 0.05) is 0 Å². The third kappa shape index (κ3) is 3010. The van der Waals surface area contributed by atoms with Gasteiger partial charge in [0.2, 0.25) is 0 Å². The summed E-state index contributed by atoms with van der Waals surface area (Å²) < 4.78 is 0. The van der Waals surface area contributed by atoms with E-state index in [0.29, 0.717) is 0 Å². The first-order valence-corrected chi connectivity index (χ1v) is 0.651. The van der Waals surface area contributed by atoms with E-state index in [2.05, 4.69) is 0 Å². The van der Waals surface area contributed by atoms with Gasteiger partial charge in [-0.2, -0.15) is 0 Å². The van der Waals surface area contributed by atoms with Gasteiger partial charge in [0.05, 0.1) is 0 Å². The average Bonchev–Trinajstić information content (AvgIpc) is 0.811. The summed E-state index contributed by atoms with van der Waals surface area (Å²) in [6.07, 6.45) is -1.83. The van der Waals surface area contributed by atoms with Crippen LogP contribution in [0, 0.1) is 0 Å². The van der Waals surface area contributed by atoms with E-state index in [4.69, 9.17) is 15.0 Å². The molecular formula is CH8NNaO4. The topological polar surface area (TPSA) is 124 Å². The zero-order valence-electron chi connectivity index (χ0n) is 5.01. The summed E-state index contributed by atoms with van der Waals surface area (Å²) in [7, 11) is 0. The van der Waals surface area contributed by atoms with Crippen LogP contribution in [-0.4, -0.2) is 21.8 Å². The molecule has 0 aliphatic carbocycles. The molecule has 0 aliphatic heterocycles. The second kappa shape index (κ2) is 16.4. The smallest absolute Gasteiger partial charge is 1.00 e. The van der Waals surface area contributed by atoms with Gasteiger partial charge in [0.25, 0.3) is 0 Å². The van der Waals surface area contributed by atoms with Crippen LogP contribution in [0.2, 0.25) is 0 Å². The SMILES string of the molecule is N.O.O=C(O)O.[H-].[Na+]. The number of rotatable bonds is 0. The Balaban J connectivity index is -0.00000000750. The van der Waals surface area contributed by atoms with Crippen LogP contribution in [0.3, 0.4) is 0 Å². The molecule has 0 heterocycles. The molecule has 0 bridgehead atoms. The second-order valence-corrected chi connectivity index (χ2v) is 0.283. The van der Waals surface area contributed by atoms with Crippen molar-refractivity contribution in [1.29, 1.82) is 0 Å². The van der Waals surface area contributed by atoms with Gasteiger partial charge >= 0.3 is 35.7 Å². The minimum Gasteiger partial charge on any atom is -1.00 e. The van der Waals surface area contributed by atoms with Crippen LogP contribution in [0.1, 0.15) is 1.43 Å². The maximum absolute atomic E-state index is 8.56. The van der Waals surface area contributed by atoms with Crippen LogP contribution in [0.15, 0.2) is 0 Å². The fourth-order valence-corrected chi connectivity index (χ4v) is 0. The van der Waals surface area contributed by atoms with Gasteiger partial charge in [0.15, 0.2) is 0 Å². The van der Waals surface area contributed by atoms with Crippen LogP contribution < -0.4 is 35.7 Å². The first kappa shape index (κ1) is 27.1. The van der Waals surface area contributed by atoms with Crippen LogP contribution in [-0.2, 0) is 0 Å². The fraction of sp³-hybridized carbons (Fsp3) is 0. The Kier molecular flexibility index (Phi) is 63.4. The van der Waals surface area contributed by atoms with Crippen molar-refractivity contribution in [2.24, 2.45) is 0 Å². The van der Waals surface area contributed by atoms with Crippen LogP contribution >= 0.6 is 0 Å². The van der Waals surface area contributed by atoms with Crippen LogP contribution in [0.5, 0.6) is 0 Å². The van der Waals surface area contributed by atoms with E-state index in [1.807, 2.05) is 0 Å². The number of carboxylic acid groups (broad SMARTS) is 2. The Labute approximate surface area is 64.0 Å². The minimum absolute atomic E-state index is 0. The van der Waals surface area contributed by atoms with Crippen molar-refractivity contribution in [3.8, 4) is 0 Å². The Morgan fingerprint density at radius 2 is 1.43 bits per heavy atom. The quantitative estimate of drug-likeness (QED) is 0.290. The zero-order valence-corrected chi connectivity index (χ0v) is 6.01. The van der Waals surface area contributed by atoms with Crippen molar-refractivity contribution in [1.82, 2.24) is 6.15 Å². The number of hydrogen-bond acceptors (Lipinski definition) is 2. The maximum atomic E-state index is 8.56. The van der Waals surface area contributed by atoms with Gasteiger partial charge in [-0.1, -0.05) is 0 Å². The molecule has 0 atom stereocenters. The molecule has 0 fully saturated rings. The van der Waals surface area contributed by atoms with Crippen molar-refractivity contribution < 1.29 is 51.5 Å². The third-order valence-electron chi connectivity index (χ3n) is 0. The molecule has 0 saturated heterocycles. The van der Waals surface area contributed by atoms with Crippen LogP contribution in [0.4, 0.5) is 4.79 Å². The van der Waals surface area contributed by atoms with E-state index in [0.717, 1.165) is 0 Å². The summed E-state index contributed by atoms with van der Waals surface area (Å²) >= 11 is 0. The number of hydrogen-bond donors (Lipinski definition) is 3. The Morgan fingerprint density at radius 1 is 1.43 bits per heavy atom. The molecular weight excluding hydrogens is 113 g/mol. The molecule has 5 nitrogen and oxygen atoms in total. The maximum Gasteiger partial charge on any atom is 1.00 e. The molecule has 0 aliphatic rings. The van der Waals surface area contributed by atoms with E-state index >= 15 is 0 Å². The summed E-state index contributed by atoms with van der Waals surface area (Å²) in [4.78, 5) is 8.56. The van der Waals surface area contributed by atoms with E-state index in [1.54, 1.807) is 0 Å². The molecule has 0 aromatic carbocycles. The largest absolute Gasteiger partial charge is 1.00 e. The van der Waals surface area contributed by atoms with Gasteiger partial charge in [-0.05, 0) is 0 Å². The minimum atomic E-state index is -1.83. The normalized spacial score (nSPS) is 3.43. The number of carbonyl (C=O) groups is 1. The average molecular weight is 121 g/mol. The van der Waals surface area contributed by atoms with Crippen LogP contribution in [0.25, 0.3) is 0 Å². The molecule has 7 heavy (non-hydrogen) atoms. The van der Waals surface area contributed by atoms with Crippen molar-refractivity contribution in [3.63, 3.8) is 0 Å². The molecule has 42 valence electrons. The first-order chi connectivity index (χ1) is 1.73. The Bertz CT molecular complexity index is 39.0. The molecule has 0 unspecified atom stereocenters. The summed E-state index contributed by atoms with van der Waals surface area (Å²) in [5.41, 5.74) is 0. The van der Waals surface area contributed by atoms with Crippen molar-refractivity contribution in [2.45, 2.75) is 0 Å². The molecule has 0 aromatic heterocycles. The second-order valence-electron chi connectivity index (χ2n) is 0.283. The Morgan fingerprint density at radius 3 is 1.43 bits per heavy atom. The zero-order chi connectivity index (χ0) is 3.58. The molecule has 0 radical (unpaired) electrons. The van der Waals surface area contributed by atoms with E-state index in [1.165, 1.54) is 0 Å². The predicted octanol–water partition coefficient (Wildman–Crippen LogP) is -3.32. The van der Waals surface area contributed by atoms with Gasteiger partial charge < -0.3 is 23.3 Å². The van der Waals surface area contributed by atoms with Gasteiger partial charge in [-0.15, -0.1) is 0 Å².